The third-order valence-electron chi connectivity index (χ3n) is 5.89. The fourth-order valence-corrected chi connectivity index (χ4v) is 5.90. The summed E-state index contributed by atoms with van der Waals surface area (Å²) in [5.74, 6) is -0.946. The average Bonchev–Trinajstić information content (AvgIpc) is 3.29. The van der Waals surface area contributed by atoms with Gasteiger partial charge in [0.15, 0.2) is 15.5 Å². The molecule has 0 saturated carbocycles. The van der Waals surface area contributed by atoms with Crippen molar-refractivity contribution in [2.75, 3.05) is 25.4 Å². The number of carbonyl (C=O) groups is 2. The molecule has 2 heterocycles. The number of rotatable bonds is 9. The number of para-hydroxylation sites is 1. The van der Waals surface area contributed by atoms with Gasteiger partial charge in [0.1, 0.15) is 0 Å². The molecule has 0 aliphatic carbocycles. The van der Waals surface area contributed by atoms with E-state index in [1.54, 1.807) is 35.2 Å². The van der Waals surface area contributed by atoms with Gasteiger partial charge in [-0.1, -0.05) is 25.1 Å². The number of nitrogens with one attached hydrogen (secondary N) is 1. The summed E-state index contributed by atoms with van der Waals surface area (Å²) in [7, 11) is -3.14. The summed E-state index contributed by atoms with van der Waals surface area (Å²) >= 11 is 0. The largest absolute Gasteiger partial charge is 0.435 e. The highest BCUT2D eigenvalue weighted by Crippen LogP contribution is 2.31. The highest BCUT2D eigenvalue weighted by Gasteiger charge is 2.39. The molecule has 0 atom stereocenters. The number of hydrogen-bond donors (Lipinski definition) is 1. The van der Waals surface area contributed by atoms with E-state index in [-0.39, 0.29) is 31.0 Å². The predicted octanol–water partition coefficient (Wildman–Crippen LogP) is 3.22. The molecule has 1 aliphatic rings. The summed E-state index contributed by atoms with van der Waals surface area (Å²) in [6.45, 7) is 2.53. The number of alkyl halides is 3. The molecule has 2 amide bonds. The highest BCUT2D eigenvalue weighted by molar-refractivity contribution is 7.92. The van der Waals surface area contributed by atoms with Crippen LogP contribution < -0.4 is 5.32 Å². The molecule has 0 spiro atoms. The van der Waals surface area contributed by atoms with Crippen molar-refractivity contribution in [2.24, 2.45) is 0 Å². The van der Waals surface area contributed by atoms with E-state index in [0.29, 0.717) is 38.0 Å². The van der Waals surface area contributed by atoms with E-state index in [9.17, 15) is 31.2 Å². The van der Waals surface area contributed by atoms with Crippen molar-refractivity contribution in [3.05, 3.63) is 47.8 Å². The first-order valence-corrected chi connectivity index (χ1v) is 13.2. The van der Waals surface area contributed by atoms with E-state index in [4.69, 9.17) is 0 Å². The molecule has 1 N–H and O–H groups in total. The topological polar surface area (TPSA) is 101 Å². The molecule has 0 unspecified atom stereocenters. The van der Waals surface area contributed by atoms with Gasteiger partial charge in [0.05, 0.1) is 22.3 Å². The maximum absolute atomic E-state index is 13.4. The van der Waals surface area contributed by atoms with Gasteiger partial charge < -0.3 is 10.2 Å². The van der Waals surface area contributed by atoms with E-state index in [2.05, 4.69) is 10.4 Å². The molecule has 0 bridgehead atoms. The first kappa shape index (κ1) is 26.7. The Balaban J connectivity index is 1.51. The molecule has 192 valence electrons. The lowest BCUT2D eigenvalue weighted by molar-refractivity contribution is -0.141. The zero-order chi connectivity index (χ0) is 25.6. The highest BCUT2D eigenvalue weighted by atomic mass is 32.2. The van der Waals surface area contributed by atoms with Crippen molar-refractivity contribution in [1.82, 2.24) is 20.0 Å². The van der Waals surface area contributed by atoms with E-state index >= 15 is 0 Å². The van der Waals surface area contributed by atoms with Gasteiger partial charge in [-0.2, -0.15) is 18.3 Å². The van der Waals surface area contributed by atoms with E-state index < -0.39 is 38.4 Å². The van der Waals surface area contributed by atoms with Crippen LogP contribution in [-0.2, 0) is 20.8 Å². The number of halogens is 3. The maximum Gasteiger partial charge on any atom is 0.435 e. The SMILES string of the molecule is CCCS(=O)(=O)C1CCN(C(=O)CCCNC(=O)c2cn(-c3ccccc3)nc2C(F)(F)F)CC1. The van der Waals surface area contributed by atoms with Crippen LogP contribution in [0.25, 0.3) is 5.69 Å². The van der Waals surface area contributed by atoms with Gasteiger partial charge in [0.2, 0.25) is 5.91 Å². The number of sulfone groups is 1. The van der Waals surface area contributed by atoms with Gasteiger partial charge in [-0.25, -0.2) is 13.1 Å². The molecule has 2 aromatic rings. The van der Waals surface area contributed by atoms with Crippen LogP contribution in [-0.4, -0.2) is 65.5 Å². The Morgan fingerprint density at radius 1 is 1.14 bits per heavy atom. The Morgan fingerprint density at radius 3 is 2.40 bits per heavy atom. The Kier molecular flexibility index (Phi) is 8.57. The van der Waals surface area contributed by atoms with E-state index in [0.717, 1.165) is 10.9 Å². The number of benzene rings is 1. The average molecular weight is 515 g/mol. The van der Waals surface area contributed by atoms with Crippen LogP contribution in [0.1, 0.15) is 55.1 Å². The molecule has 1 aromatic heterocycles. The van der Waals surface area contributed by atoms with Crippen LogP contribution in [0.3, 0.4) is 0 Å². The Morgan fingerprint density at radius 2 is 1.80 bits per heavy atom. The zero-order valence-corrected chi connectivity index (χ0v) is 20.2. The normalized spacial score (nSPS) is 15.3. The van der Waals surface area contributed by atoms with Gasteiger partial charge in [-0.15, -0.1) is 0 Å². The van der Waals surface area contributed by atoms with E-state index in [1.807, 2.05) is 6.92 Å². The van der Waals surface area contributed by atoms with Crippen LogP contribution in [0.5, 0.6) is 0 Å². The molecule has 8 nitrogen and oxygen atoms in total. The van der Waals surface area contributed by atoms with Gasteiger partial charge in [0.25, 0.3) is 5.91 Å². The van der Waals surface area contributed by atoms with Crippen molar-refractivity contribution in [3.8, 4) is 5.69 Å². The number of likely N-dealkylation sites (tertiary alicyclic amines) is 1. The monoisotopic (exact) mass is 514 g/mol. The number of amides is 2. The summed E-state index contributed by atoms with van der Waals surface area (Å²) < 4.78 is 65.7. The molecular weight excluding hydrogens is 485 g/mol. The Hall–Kier alpha value is -2.89. The molecule has 35 heavy (non-hydrogen) atoms. The molecule has 1 aromatic carbocycles. The lowest BCUT2D eigenvalue weighted by Crippen LogP contribution is -2.43. The number of aromatic nitrogens is 2. The third kappa shape index (κ3) is 6.83. The van der Waals surface area contributed by atoms with E-state index in [1.165, 1.54) is 0 Å². The summed E-state index contributed by atoms with van der Waals surface area (Å²) in [5, 5.41) is 5.56. The van der Waals surface area contributed by atoms with Crippen molar-refractivity contribution in [1.29, 1.82) is 0 Å². The molecule has 3 rings (SSSR count). The third-order valence-corrected chi connectivity index (χ3v) is 8.36. The summed E-state index contributed by atoms with van der Waals surface area (Å²) in [4.78, 5) is 26.5. The van der Waals surface area contributed by atoms with Crippen molar-refractivity contribution < 1.29 is 31.2 Å². The maximum atomic E-state index is 13.4. The minimum atomic E-state index is -4.81. The number of hydrogen-bond acceptors (Lipinski definition) is 5. The fourth-order valence-electron chi connectivity index (χ4n) is 4.07. The quantitative estimate of drug-likeness (QED) is 0.518. The standard InChI is InChI=1S/C23H29F3N4O4S/c1-2-15-35(33,34)18-10-13-29(14-11-18)20(31)9-6-12-27-22(32)19-16-30(17-7-4-3-5-8-17)28-21(19)23(24,25)26/h3-5,7-8,16,18H,2,6,9-15H2,1H3,(H,27,32). The van der Waals surface area contributed by atoms with Crippen LogP contribution in [0.2, 0.25) is 0 Å². The van der Waals surface area contributed by atoms with Gasteiger partial charge in [0, 0.05) is 32.3 Å². The van der Waals surface area contributed by atoms with Crippen LogP contribution >= 0.6 is 0 Å². The second kappa shape index (κ2) is 11.2. The van der Waals surface area contributed by atoms with Crippen LogP contribution in [0, 0.1) is 0 Å². The molecule has 12 heteroatoms. The fraction of sp³-hybridized carbons (Fsp3) is 0.522. The predicted molar refractivity (Wildman–Crippen MR) is 124 cm³/mol. The molecular formula is C23H29F3N4O4S. The van der Waals surface area contributed by atoms with Crippen LogP contribution in [0.4, 0.5) is 13.2 Å². The smallest absolute Gasteiger partial charge is 0.352 e. The number of piperidine rings is 1. The minimum absolute atomic E-state index is 0.0136. The molecule has 1 aliphatic heterocycles. The minimum Gasteiger partial charge on any atom is -0.352 e. The number of nitrogens with zero attached hydrogens (tertiary/aromatic N) is 3. The summed E-state index contributed by atoms with van der Waals surface area (Å²) in [5.41, 5.74) is -1.49. The summed E-state index contributed by atoms with van der Waals surface area (Å²) in [6, 6.07) is 8.15. The van der Waals surface area contributed by atoms with Crippen molar-refractivity contribution >= 4 is 21.7 Å². The lowest BCUT2D eigenvalue weighted by atomic mass is 10.1. The molecule has 1 saturated heterocycles. The van der Waals surface area contributed by atoms with Crippen molar-refractivity contribution in [3.63, 3.8) is 0 Å². The number of carbonyl (C=O) groups excluding carboxylic acids is 2. The lowest BCUT2D eigenvalue weighted by Gasteiger charge is -2.31. The van der Waals surface area contributed by atoms with Gasteiger partial charge >= 0.3 is 6.18 Å². The first-order valence-electron chi connectivity index (χ1n) is 11.5. The first-order chi connectivity index (χ1) is 16.5. The van der Waals surface area contributed by atoms with Crippen molar-refractivity contribution in [2.45, 2.75) is 50.5 Å². The van der Waals surface area contributed by atoms with Gasteiger partial charge in [-0.05, 0) is 37.8 Å². The van der Waals surface area contributed by atoms with Crippen LogP contribution in [0.15, 0.2) is 36.5 Å². The Labute approximate surface area is 202 Å². The second-order valence-electron chi connectivity index (χ2n) is 8.48. The molecule has 1 fully saturated rings. The molecule has 0 radical (unpaired) electrons. The second-order valence-corrected chi connectivity index (χ2v) is 10.9. The summed E-state index contributed by atoms with van der Waals surface area (Å²) in [6.07, 6.45) is -2.07. The Bertz CT molecular complexity index is 1130. The zero-order valence-electron chi connectivity index (χ0n) is 19.4. The van der Waals surface area contributed by atoms with Gasteiger partial charge in [-0.3, -0.25) is 9.59 Å².